The van der Waals surface area contributed by atoms with E-state index in [1.807, 2.05) is 0 Å². The molecule has 100 valence electrons. The van der Waals surface area contributed by atoms with Gasteiger partial charge in [-0.25, -0.2) is 0 Å². The Labute approximate surface area is 107 Å². The highest BCUT2D eigenvalue weighted by Crippen LogP contribution is 2.50. The van der Waals surface area contributed by atoms with Crippen LogP contribution in [0.15, 0.2) is 0 Å². The first-order valence-electron chi connectivity index (χ1n) is 7.71. The second kappa shape index (κ2) is 5.30. The molecule has 1 heteroatoms. The summed E-state index contributed by atoms with van der Waals surface area (Å²) < 4.78 is 0. The second-order valence-corrected chi connectivity index (χ2v) is 7.21. The summed E-state index contributed by atoms with van der Waals surface area (Å²) in [6.07, 6.45) is 10.7. The monoisotopic (exact) mass is 238 g/mol. The van der Waals surface area contributed by atoms with E-state index < -0.39 is 0 Å². The molecule has 2 fully saturated rings. The molecule has 2 rings (SSSR count). The average molecular weight is 238 g/mol. The molecule has 2 saturated carbocycles. The van der Waals surface area contributed by atoms with Crippen molar-refractivity contribution >= 4 is 0 Å². The molecule has 0 aromatic rings. The van der Waals surface area contributed by atoms with Crippen LogP contribution in [0.25, 0.3) is 0 Å². The van der Waals surface area contributed by atoms with Crippen molar-refractivity contribution in [3.05, 3.63) is 0 Å². The molecule has 0 heterocycles. The van der Waals surface area contributed by atoms with Crippen molar-refractivity contribution in [2.45, 2.75) is 78.2 Å². The predicted octanol–water partition coefficient (Wildman–Crippen LogP) is 4.39. The molecular formula is C16H30O. The Morgan fingerprint density at radius 1 is 1.06 bits per heavy atom. The van der Waals surface area contributed by atoms with Crippen LogP contribution < -0.4 is 0 Å². The minimum absolute atomic E-state index is 0.0457. The fraction of sp³-hybridized carbons (Fsp3) is 1.00. The zero-order chi connectivity index (χ0) is 12.5. The minimum Gasteiger partial charge on any atom is -0.393 e. The Kier molecular flexibility index (Phi) is 4.18. The minimum atomic E-state index is -0.0457. The van der Waals surface area contributed by atoms with E-state index in [4.69, 9.17) is 0 Å². The Morgan fingerprint density at radius 3 is 2.24 bits per heavy atom. The van der Waals surface area contributed by atoms with Crippen molar-refractivity contribution in [3.8, 4) is 0 Å². The van der Waals surface area contributed by atoms with Gasteiger partial charge in [0.25, 0.3) is 0 Å². The Balaban J connectivity index is 1.98. The van der Waals surface area contributed by atoms with E-state index in [0.717, 1.165) is 12.3 Å². The fourth-order valence-corrected chi connectivity index (χ4v) is 4.37. The van der Waals surface area contributed by atoms with Crippen LogP contribution in [0.1, 0.15) is 72.1 Å². The van der Waals surface area contributed by atoms with Crippen molar-refractivity contribution < 1.29 is 5.11 Å². The predicted molar refractivity (Wildman–Crippen MR) is 72.9 cm³/mol. The first-order chi connectivity index (χ1) is 8.03. The molecule has 2 aliphatic rings. The van der Waals surface area contributed by atoms with Crippen molar-refractivity contribution in [2.75, 3.05) is 0 Å². The zero-order valence-corrected chi connectivity index (χ0v) is 11.9. The van der Waals surface area contributed by atoms with Gasteiger partial charge in [-0.1, -0.05) is 40.0 Å². The highest BCUT2D eigenvalue weighted by atomic mass is 16.3. The molecular weight excluding hydrogens is 208 g/mol. The van der Waals surface area contributed by atoms with E-state index in [0.29, 0.717) is 17.3 Å². The maximum absolute atomic E-state index is 10.4. The van der Waals surface area contributed by atoms with Crippen LogP contribution in [-0.4, -0.2) is 11.2 Å². The van der Waals surface area contributed by atoms with Crippen molar-refractivity contribution in [1.82, 2.24) is 0 Å². The van der Waals surface area contributed by atoms with Crippen LogP contribution in [0.3, 0.4) is 0 Å². The number of aliphatic hydroxyl groups is 1. The fourth-order valence-electron chi connectivity index (χ4n) is 4.37. The van der Waals surface area contributed by atoms with Gasteiger partial charge in [-0.2, -0.15) is 0 Å². The summed E-state index contributed by atoms with van der Waals surface area (Å²) in [5.41, 5.74) is 0.436. The first-order valence-corrected chi connectivity index (χ1v) is 7.71. The van der Waals surface area contributed by atoms with Crippen LogP contribution >= 0.6 is 0 Å². The van der Waals surface area contributed by atoms with Gasteiger partial charge in [-0.3, -0.25) is 0 Å². The largest absolute Gasteiger partial charge is 0.393 e. The van der Waals surface area contributed by atoms with Crippen molar-refractivity contribution in [3.63, 3.8) is 0 Å². The van der Waals surface area contributed by atoms with Crippen molar-refractivity contribution in [2.24, 2.45) is 23.2 Å². The molecule has 0 radical (unpaired) electrons. The van der Waals surface area contributed by atoms with Gasteiger partial charge in [0.05, 0.1) is 6.10 Å². The van der Waals surface area contributed by atoms with Gasteiger partial charge in [-0.05, 0) is 55.3 Å². The summed E-state index contributed by atoms with van der Waals surface area (Å²) >= 11 is 0. The molecule has 2 aliphatic carbocycles. The van der Waals surface area contributed by atoms with Crippen LogP contribution in [0, 0.1) is 23.2 Å². The molecule has 0 unspecified atom stereocenters. The lowest BCUT2D eigenvalue weighted by Crippen LogP contribution is -2.42. The van der Waals surface area contributed by atoms with Gasteiger partial charge in [0.15, 0.2) is 0 Å². The van der Waals surface area contributed by atoms with Crippen molar-refractivity contribution in [1.29, 1.82) is 0 Å². The smallest absolute Gasteiger partial charge is 0.0576 e. The highest BCUT2D eigenvalue weighted by Gasteiger charge is 2.42. The lowest BCUT2D eigenvalue weighted by atomic mass is 9.59. The summed E-state index contributed by atoms with van der Waals surface area (Å²) in [6.45, 7) is 6.97. The third kappa shape index (κ3) is 2.86. The normalized spacial score (nSPS) is 40.8. The molecule has 0 aliphatic heterocycles. The second-order valence-electron chi connectivity index (χ2n) is 7.21. The van der Waals surface area contributed by atoms with Gasteiger partial charge in [-0.15, -0.1) is 0 Å². The average Bonchev–Trinajstić information content (AvgIpc) is 2.29. The number of hydrogen-bond acceptors (Lipinski definition) is 1. The van der Waals surface area contributed by atoms with E-state index in [2.05, 4.69) is 20.8 Å². The van der Waals surface area contributed by atoms with E-state index >= 15 is 0 Å². The van der Waals surface area contributed by atoms with Gasteiger partial charge < -0.3 is 5.11 Å². The summed E-state index contributed by atoms with van der Waals surface area (Å²) in [6, 6.07) is 0. The molecule has 0 aromatic carbocycles. The summed E-state index contributed by atoms with van der Waals surface area (Å²) in [5, 5.41) is 10.4. The number of hydrogen-bond donors (Lipinski definition) is 1. The maximum Gasteiger partial charge on any atom is 0.0576 e. The molecule has 1 N–H and O–H groups in total. The van der Waals surface area contributed by atoms with Crippen LogP contribution in [-0.2, 0) is 0 Å². The van der Waals surface area contributed by atoms with Crippen LogP contribution in [0.4, 0.5) is 0 Å². The standard InChI is InChI=1S/C16H30O/c1-12(2)14-9-10-16(3,11-15(14)17)13-7-5-4-6-8-13/h12-15,17H,4-11H2,1-3H3/t14-,15+,16+/m1/s1. The molecule has 17 heavy (non-hydrogen) atoms. The molecule has 0 amide bonds. The summed E-state index contributed by atoms with van der Waals surface area (Å²) in [5.74, 6) is 2.08. The number of rotatable bonds is 2. The summed E-state index contributed by atoms with van der Waals surface area (Å²) in [4.78, 5) is 0. The van der Waals surface area contributed by atoms with E-state index in [9.17, 15) is 5.11 Å². The Bertz CT molecular complexity index is 242. The van der Waals surface area contributed by atoms with E-state index in [-0.39, 0.29) is 6.10 Å². The van der Waals surface area contributed by atoms with Gasteiger partial charge in [0.2, 0.25) is 0 Å². The van der Waals surface area contributed by atoms with Crippen LogP contribution in [0.2, 0.25) is 0 Å². The van der Waals surface area contributed by atoms with Gasteiger partial charge >= 0.3 is 0 Å². The number of aliphatic hydroxyl groups excluding tert-OH is 1. The molecule has 0 bridgehead atoms. The molecule has 0 aromatic heterocycles. The molecule has 3 atom stereocenters. The zero-order valence-electron chi connectivity index (χ0n) is 11.9. The van der Waals surface area contributed by atoms with Crippen LogP contribution in [0.5, 0.6) is 0 Å². The van der Waals surface area contributed by atoms with E-state index in [1.54, 1.807) is 0 Å². The summed E-state index contributed by atoms with van der Waals surface area (Å²) in [7, 11) is 0. The highest BCUT2D eigenvalue weighted by molar-refractivity contribution is 4.93. The topological polar surface area (TPSA) is 20.2 Å². The third-order valence-corrected chi connectivity index (χ3v) is 5.67. The molecule has 1 nitrogen and oxygen atoms in total. The Morgan fingerprint density at radius 2 is 1.71 bits per heavy atom. The Hall–Kier alpha value is -0.0400. The SMILES string of the molecule is CC(C)[C@H]1CC[C@](C)(C2CCCCC2)C[C@@H]1O. The van der Waals surface area contributed by atoms with Gasteiger partial charge in [0.1, 0.15) is 0 Å². The molecule has 0 saturated heterocycles. The third-order valence-electron chi connectivity index (χ3n) is 5.67. The van der Waals surface area contributed by atoms with Gasteiger partial charge in [0, 0.05) is 0 Å². The molecule has 0 spiro atoms. The first kappa shape index (κ1) is 13.4. The lowest BCUT2D eigenvalue weighted by Gasteiger charge is -2.47. The lowest BCUT2D eigenvalue weighted by molar-refractivity contribution is -0.0414. The maximum atomic E-state index is 10.4. The quantitative estimate of drug-likeness (QED) is 0.756. The van der Waals surface area contributed by atoms with E-state index in [1.165, 1.54) is 44.9 Å².